The molecule has 2 aliphatic carbocycles. The Kier molecular flexibility index (Phi) is 6.12. The molecule has 0 aliphatic heterocycles. The van der Waals surface area contributed by atoms with E-state index in [1.54, 1.807) is 22.3 Å². The molecule has 0 radical (unpaired) electrons. The predicted octanol–water partition coefficient (Wildman–Crippen LogP) is 7.92. The molecule has 0 bridgehead atoms. The zero-order valence-corrected chi connectivity index (χ0v) is 23.2. The van der Waals surface area contributed by atoms with Crippen LogP contribution >= 0.6 is 0 Å². The molecule has 2 atom stereocenters. The molecule has 154 valence electrons. The van der Waals surface area contributed by atoms with Gasteiger partial charge in [-0.2, -0.15) is 0 Å². The quantitative estimate of drug-likeness (QED) is 0.384. The molecule has 0 amide bonds. The van der Waals surface area contributed by atoms with E-state index in [1.807, 2.05) is 3.28 Å². The van der Waals surface area contributed by atoms with Gasteiger partial charge in [0.25, 0.3) is 0 Å². The first-order valence-electron chi connectivity index (χ1n) is 11.2. The van der Waals surface area contributed by atoms with Crippen LogP contribution in [0.5, 0.6) is 0 Å². The van der Waals surface area contributed by atoms with Gasteiger partial charge < -0.3 is 0 Å². The van der Waals surface area contributed by atoms with E-state index in [4.69, 9.17) is 0 Å². The van der Waals surface area contributed by atoms with Gasteiger partial charge >= 0.3 is 192 Å². The maximum absolute atomic E-state index is 2.70. The molecule has 0 fully saturated rings. The van der Waals surface area contributed by atoms with Gasteiger partial charge in [-0.15, -0.1) is 0 Å². The number of hydrogen-bond acceptors (Lipinski definition) is 0. The molecule has 0 nitrogen and oxygen atoms in total. The minimum absolute atomic E-state index is 0.347. The van der Waals surface area contributed by atoms with Crippen molar-refractivity contribution in [1.82, 2.24) is 0 Å². The SMILES string of the molecule is CC1=C(C)C(C)[C]([Zr]([CH]2C=C(c3cccc(C)c3C)c3ccccc32)=[Si](C)C)=C1C. The Labute approximate surface area is 191 Å². The predicted molar refractivity (Wildman–Crippen MR) is 130 cm³/mol. The molecule has 0 heterocycles. The summed E-state index contributed by atoms with van der Waals surface area (Å²) in [7, 11) is 0. The van der Waals surface area contributed by atoms with E-state index in [0.29, 0.717) is 9.54 Å². The molecule has 0 saturated carbocycles. The Bertz CT molecular complexity index is 1170. The van der Waals surface area contributed by atoms with Crippen LogP contribution < -0.4 is 0 Å². The monoisotopic (exact) mass is 488 g/mol. The maximum atomic E-state index is 2.70. The van der Waals surface area contributed by atoms with Gasteiger partial charge in [-0.05, 0) is 0 Å². The van der Waals surface area contributed by atoms with Crippen LogP contribution in [-0.4, -0.2) is 5.43 Å². The normalized spacial score (nSPS) is 20.6. The molecule has 0 aromatic heterocycles. The zero-order valence-electron chi connectivity index (χ0n) is 19.8. The van der Waals surface area contributed by atoms with E-state index in [2.05, 4.69) is 103 Å². The van der Waals surface area contributed by atoms with E-state index in [1.165, 1.54) is 27.8 Å². The molecule has 30 heavy (non-hydrogen) atoms. The molecular formula is C28H34SiZr. The number of aryl methyl sites for hydroxylation is 1. The number of benzene rings is 2. The standard InChI is InChI=1S/C17H15.C9H13.C2H6Si.Zr/c1-12-6-5-9-15(13(12)2)17-11-10-14-7-3-4-8-16(14)17;1-6-5-7(2)9(4)8(6)3;1-3-2;/h3-11H,1-2H3;6H,1-4H3;1-2H3;. The van der Waals surface area contributed by atoms with Crippen LogP contribution in [0.1, 0.15) is 59.1 Å². The summed E-state index contributed by atoms with van der Waals surface area (Å²) >= 11 is -1.91. The van der Waals surface area contributed by atoms with Crippen molar-refractivity contribution in [2.45, 2.75) is 58.3 Å². The van der Waals surface area contributed by atoms with Crippen LogP contribution in [0.3, 0.4) is 0 Å². The minimum atomic E-state index is -1.91. The third-order valence-electron chi connectivity index (χ3n) is 7.59. The Hall–Kier alpha value is -1.24. The summed E-state index contributed by atoms with van der Waals surface area (Å²) in [5.41, 5.74) is 13.3. The second kappa shape index (κ2) is 8.36. The molecule has 2 aromatic carbocycles. The summed E-state index contributed by atoms with van der Waals surface area (Å²) in [6.45, 7) is 19.3. The van der Waals surface area contributed by atoms with E-state index in [0.717, 1.165) is 0 Å². The first kappa shape index (κ1) is 22.0. The average molecular weight is 490 g/mol. The first-order valence-corrected chi connectivity index (χ1v) is 20.0. The van der Waals surface area contributed by atoms with Crippen LogP contribution in [0.4, 0.5) is 0 Å². The van der Waals surface area contributed by atoms with Crippen molar-refractivity contribution < 1.29 is 20.4 Å². The van der Waals surface area contributed by atoms with Crippen LogP contribution in [0.25, 0.3) is 5.57 Å². The van der Waals surface area contributed by atoms with Gasteiger partial charge in [0.2, 0.25) is 0 Å². The molecular weight excluding hydrogens is 456 g/mol. The second-order valence-electron chi connectivity index (χ2n) is 9.37. The summed E-state index contributed by atoms with van der Waals surface area (Å²) < 4.78 is 2.58. The first-order chi connectivity index (χ1) is 14.2. The Morgan fingerprint density at radius 3 is 2.10 bits per heavy atom. The van der Waals surface area contributed by atoms with E-state index < -0.39 is 20.4 Å². The number of allylic oxidation sites excluding steroid dienone is 5. The Morgan fingerprint density at radius 2 is 1.47 bits per heavy atom. The molecule has 0 saturated heterocycles. The van der Waals surface area contributed by atoms with Crippen molar-refractivity contribution in [2.24, 2.45) is 5.92 Å². The van der Waals surface area contributed by atoms with Crippen molar-refractivity contribution in [3.8, 4) is 0 Å². The Balaban J connectivity index is 1.94. The third-order valence-corrected chi connectivity index (χ3v) is 26.2. The topological polar surface area (TPSA) is 0 Å². The molecule has 2 unspecified atom stereocenters. The van der Waals surface area contributed by atoms with Crippen molar-refractivity contribution in [1.29, 1.82) is 0 Å². The van der Waals surface area contributed by atoms with Crippen LogP contribution in [0.2, 0.25) is 13.1 Å². The van der Waals surface area contributed by atoms with Gasteiger partial charge in [0, 0.05) is 0 Å². The van der Waals surface area contributed by atoms with Crippen molar-refractivity contribution in [3.63, 3.8) is 0 Å². The van der Waals surface area contributed by atoms with Crippen molar-refractivity contribution >= 4 is 11.0 Å². The van der Waals surface area contributed by atoms with E-state index in [9.17, 15) is 0 Å². The summed E-state index contributed by atoms with van der Waals surface area (Å²) in [6, 6.07) is 16.1. The van der Waals surface area contributed by atoms with Gasteiger partial charge in [0.1, 0.15) is 0 Å². The fourth-order valence-electron chi connectivity index (χ4n) is 5.42. The Morgan fingerprint density at radius 1 is 0.800 bits per heavy atom. The van der Waals surface area contributed by atoms with Crippen LogP contribution in [0, 0.1) is 19.8 Å². The van der Waals surface area contributed by atoms with E-state index >= 15 is 0 Å². The molecule has 2 aliphatic rings. The second-order valence-corrected chi connectivity index (χ2v) is 26.8. The molecule has 0 spiro atoms. The molecule has 2 aromatic rings. The van der Waals surface area contributed by atoms with E-state index in [-0.39, 0.29) is 5.43 Å². The molecule has 2 heteroatoms. The van der Waals surface area contributed by atoms with Gasteiger partial charge in [-0.3, -0.25) is 0 Å². The van der Waals surface area contributed by atoms with Gasteiger partial charge in [0.05, 0.1) is 0 Å². The molecule has 4 rings (SSSR count). The van der Waals surface area contributed by atoms with Gasteiger partial charge in [-0.1, -0.05) is 0 Å². The van der Waals surface area contributed by atoms with Crippen LogP contribution in [-0.2, 0) is 20.4 Å². The summed E-state index contributed by atoms with van der Waals surface area (Å²) in [4.78, 5) is 0. The van der Waals surface area contributed by atoms with Gasteiger partial charge in [-0.25, -0.2) is 0 Å². The fourth-order valence-corrected chi connectivity index (χ4v) is 25.1. The number of fused-ring (bicyclic) bond motifs is 1. The zero-order chi connectivity index (χ0) is 21.7. The third kappa shape index (κ3) is 3.45. The number of rotatable bonds is 3. The van der Waals surface area contributed by atoms with Crippen molar-refractivity contribution in [3.05, 3.63) is 96.4 Å². The van der Waals surface area contributed by atoms with Crippen molar-refractivity contribution in [2.75, 3.05) is 0 Å². The van der Waals surface area contributed by atoms with Crippen LogP contribution in [0.15, 0.2) is 68.5 Å². The summed E-state index contributed by atoms with van der Waals surface area (Å²) in [6.07, 6.45) is 2.70. The average Bonchev–Trinajstić information content (AvgIpc) is 3.18. The number of hydrogen-bond donors (Lipinski definition) is 0. The molecule has 0 N–H and O–H groups in total. The summed E-state index contributed by atoms with van der Waals surface area (Å²) in [5, 5.41) is 0. The van der Waals surface area contributed by atoms with Gasteiger partial charge in [0.15, 0.2) is 0 Å². The summed E-state index contributed by atoms with van der Waals surface area (Å²) in [5.74, 6) is 0.657. The fraction of sp³-hybridized carbons (Fsp3) is 0.357.